The molecular formula is C22H12N2NiSe2-. The summed E-state index contributed by atoms with van der Waals surface area (Å²) in [6, 6.07) is 26.3. The Bertz CT molecular complexity index is 1250. The van der Waals surface area contributed by atoms with Gasteiger partial charge in [0.15, 0.2) is 0 Å². The zero-order valence-corrected chi connectivity index (χ0v) is 18.4. The molecule has 133 valence electrons. The Morgan fingerprint density at radius 3 is 2.41 bits per heavy atom. The molecule has 5 heteroatoms. The SMILES string of the molecule is [Ni].[Se]c1cccc2[se]c3ccc(-c4[c-]c(-c5ccccn5)ccc4)nc3c12. The quantitative estimate of drug-likeness (QED) is 0.262. The van der Waals surface area contributed by atoms with Crippen LogP contribution in [0.25, 0.3) is 41.9 Å². The van der Waals surface area contributed by atoms with Crippen molar-refractivity contribution in [3.05, 3.63) is 79.0 Å². The van der Waals surface area contributed by atoms with Gasteiger partial charge in [-0.2, -0.15) is 0 Å². The molecule has 3 aromatic heterocycles. The third-order valence-corrected chi connectivity index (χ3v) is 7.36. The van der Waals surface area contributed by atoms with E-state index in [9.17, 15) is 0 Å². The van der Waals surface area contributed by atoms with Crippen LogP contribution < -0.4 is 4.46 Å². The summed E-state index contributed by atoms with van der Waals surface area (Å²) in [6.45, 7) is 0. The maximum atomic E-state index is 5.00. The van der Waals surface area contributed by atoms with Gasteiger partial charge in [0, 0.05) is 16.5 Å². The van der Waals surface area contributed by atoms with Gasteiger partial charge >= 0.3 is 166 Å². The number of nitrogens with zero attached hydrogens (tertiary/aromatic N) is 2. The van der Waals surface area contributed by atoms with Gasteiger partial charge in [-0.1, -0.05) is 0 Å². The summed E-state index contributed by atoms with van der Waals surface area (Å²) in [5.41, 5.74) is 4.97. The van der Waals surface area contributed by atoms with Gasteiger partial charge in [-0.25, -0.2) is 0 Å². The number of hydrogen-bond acceptors (Lipinski definition) is 2. The summed E-state index contributed by atoms with van der Waals surface area (Å²) in [7, 11) is 0. The van der Waals surface area contributed by atoms with Gasteiger partial charge < -0.3 is 0 Å². The van der Waals surface area contributed by atoms with Gasteiger partial charge in [0.25, 0.3) is 0 Å². The van der Waals surface area contributed by atoms with Crippen molar-refractivity contribution in [2.24, 2.45) is 0 Å². The van der Waals surface area contributed by atoms with Gasteiger partial charge in [-0.05, 0) is 0 Å². The van der Waals surface area contributed by atoms with E-state index in [0.29, 0.717) is 14.5 Å². The molecule has 0 amide bonds. The first-order valence-electron chi connectivity index (χ1n) is 8.23. The zero-order valence-electron chi connectivity index (χ0n) is 14.0. The van der Waals surface area contributed by atoms with Crippen molar-refractivity contribution in [3.63, 3.8) is 0 Å². The van der Waals surface area contributed by atoms with Gasteiger partial charge in [0.1, 0.15) is 0 Å². The van der Waals surface area contributed by atoms with Crippen LogP contribution in [0.4, 0.5) is 0 Å². The average molecular weight is 521 g/mol. The number of pyridine rings is 2. The molecule has 5 rings (SSSR count). The van der Waals surface area contributed by atoms with Crippen LogP contribution in [0.15, 0.2) is 72.9 Å². The van der Waals surface area contributed by atoms with Crippen molar-refractivity contribution in [2.75, 3.05) is 0 Å². The van der Waals surface area contributed by atoms with Crippen LogP contribution in [0.2, 0.25) is 0 Å². The first kappa shape index (κ1) is 18.6. The van der Waals surface area contributed by atoms with Crippen molar-refractivity contribution in [3.8, 4) is 22.5 Å². The van der Waals surface area contributed by atoms with Crippen molar-refractivity contribution in [1.29, 1.82) is 0 Å². The molecule has 0 aliphatic rings. The van der Waals surface area contributed by atoms with Gasteiger partial charge in [0.2, 0.25) is 0 Å². The summed E-state index contributed by atoms with van der Waals surface area (Å²) in [5, 5.41) is 1.27. The first-order chi connectivity index (χ1) is 12.8. The minimum atomic E-state index is 0. The summed E-state index contributed by atoms with van der Waals surface area (Å²) in [6.07, 6.45) is 1.81. The predicted octanol–water partition coefficient (Wildman–Crippen LogP) is 3.77. The minimum absolute atomic E-state index is 0. The topological polar surface area (TPSA) is 25.8 Å². The van der Waals surface area contributed by atoms with E-state index >= 15 is 0 Å². The third-order valence-electron chi connectivity index (χ3n) is 4.31. The molecule has 0 saturated carbocycles. The summed E-state index contributed by atoms with van der Waals surface area (Å²) in [4.78, 5) is 9.43. The molecule has 27 heavy (non-hydrogen) atoms. The normalized spacial score (nSPS) is 10.8. The van der Waals surface area contributed by atoms with Crippen LogP contribution in [0.1, 0.15) is 0 Å². The molecule has 0 atom stereocenters. The number of aromatic nitrogens is 2. The van der Waals surface area contributed by atoms with Crippen LogP contribution in [0.5, 0.6) is 0 Å². The molecule has 0 aliphatic carbocycles. The molecule has 0 N–H and O–H groups in total. The average Bonchev–Trinajstić information content (AvgIpc) is 3.08. The van der Waals surface area contributed by atoms with E-state index in [1.807, 2.05) is 36.5 Å². The summed E-state index contributed by atoms with van der Waals surface area (Å²) in [5.74, 6) is 0. The van der Waals surface area contributed by atoms with Crippen LogP contribution in [-0.4, -0.2) is 40.5 Å². The fraction of sp³-hybridized carbons (Fsp3) is 0. The number of rotatable bonds is 2. The molecule has 1 radical (unpaired) electrons. The molecule has 0 aliphatic heterocycles. The predicted molar refractivity (Wildman–Crippen MR) is 109 cm³/mol. The van der Waals surface area contributed by atoms with Gasteiger partial charge in [0.05, 0.1) is 0 Å². The third kappa shape index (κ3) is 3.43. The van der Waals surface area contributed by atoms with Crippen LogP contribution in [0, 0.1) is 6.07 Å². The van der Waals surface area contributed by atoms with Crippen molar-refractivity contribution >= 4 is 54.4 Å². The van der Waals surface area contributed by atoms with E-state index in [1.165, 1.54) is 18.4 Å². The van der Waals surface area contributed by atoms with E-state index in [1.54, 1.807) is 0 Å². The van der Waals surface area contributed by atoms with E-state index in [0.717, 1.165) is 28.0 Å². The molecule has 0 saturated heterocycles. The Morgan fingerprint density at radius 1 is 0.778 bits per heavy atom. The Balaban J connectivity index is 0.00000180. The molecule has 0 unspecified atom stereocenters. The molecular weight excluding hydrogens is 509 g/mol. The molecule has 5 aromatic rings. The maximum absolute atomic E-state index is 5.00. The van der Waals surface area contributed by atoms with Crippen LogP contribution in [-0.2, 0) is 16.5 Å². The van der Waals surface area contributed by atoms with Crippen molar-refractivity contribution < 1.29 is 16.5 Å². The molecule has 3 heterocycles. The van der Waals surface area contributed by atoms with Crippen LogP contribution in [0.3, 0.4) is 0 Å². The van der Waals surface area contributed by atoms with E-state index in [2.05, 4.69) is 63.5 Å². The summed E-state index contributed by atoms with van der Waals surface area (Å²) >= 11 is 3.52. The Morgan fingerprint density at radius 2 is 1.59 bits per heavy atom. The second-order valence-corrected chi connectivity index (χ2v) is 9.16. The number of hydrogen-bond donors (Lipinski definition) is 0. The summed E-state index contributed by atoms with van der Waals surface area (Å²) < 4.78 is 3.93. The van der Waals surface area contributed by atoms with E-state index < -0.39 is 0 Å². The fourth-order valence-corrected chi connectivity index (χ4v) is 6.27. The molecule has 0 fully saturated rings. The van der Waals surface area contributed by atoms with E-state index in [-0.39, 0.29) is 16.5 Å². The Hall–Kier alpha value is -1.73. The zero-order chi connectivity index (χ0) is 17.5. The fourth-order valence-electron chi connectivity index (χ4n) is 3.10. The number of fused-ring (bicyclic) bond motifs is 3. The monoisotopic (exact) mass is 522 g/mol. The second kappa shape index (κ2) is 7.72. The molecule has 2 aromatic carbocycles. The standard InChI is InChI=1S/C22H12N2Se2.Ni/c25-18-8-4-9-19-21(18)22-20(26-19)11-10-17(24-22)15-6-3-5-14(13-15)16-7-1-2-12-23-16;/h1-12H;/q-1;. The van der Waals surface area contributed by atoms with E-state index in [4.69, 9.17) is 4.98 Å². The molecule has 0 bridgehead atoms. The Labute approximate surface area is 181 Å². The first-order valence-corrected chi connectivity index (χ1v) is 10.8. The molecule has 2 nitrogen and oxygen atoms in total. The number of benzene rings is 2. The van der Waals surface area contributed by atoms with Crippen LogP contribution >= 0.6 is 0 Å². The van der Waals surface area contributed by atoms with Gasteiger partial charge in [-0.3, -0.25) is 0 Å². The second-order valence-electron chi connectivity index (χ2n) is 5.97. The molecule has 0 spiro atoms. The van der Waals surface area contributed by atoms with Crippen molar-refractivity contribution in [1.82, 2.24) is 9.97 Å². The van der Waals surface area contributed by atoms with Gasteiger partial charge in [-0.15, -0.1) is 0 Å². The Kier molecular flexibility index (Phi) is 5.32. The van der Waals surface area contributed by atoms with Crippen molar-refractivity contribution in [2.45, 2.75) is 0 Å².